The molecule has 1 aliphatic carbocycles. The van der Waals surface area contributed by atoms with E-state index >= 15 is 0 Å². The summed E-state index contributed by atoms with van der Waals surface area (Å²) in [7, 11) is 0. The second kappa shape index (κ2) is 9.58. The molecule has 27 heavy (non-hydrogen) atoms. The number of morpholine rings is 1. The van der Waals surface area contributed by atoms with Gasteiger partial charge in [0.1, 0.15) is 0 Å². The van der Waals surface area contributed by atoms with E-state index in [1.807, 2.05) is 31.2 Å². The highest BCUT2D eigenvalue weighted by Crippen LogP contribution is 2.35. The predicted octanol–water partition coefficient (Wildman–Crippen LogP) is 3.41. The smallest absolute Gasteiger partial charge is 0.335 e. The molecule has 1 aliphatic heterocycles. The summed E-state index contributed by atoms with van der Waals surface area (Å²) in [6, 6.07) is 7.56. The van der Waals surface area contributed by atoms with Crippen molar-refractivity contribution in [1.29, 1.82) is 0 Å². The van der Waals surface area contributed by atoms with Crippen molar-refractivity contribution in [2.75, 3.05) is 32.8 Å². The number of nitrogens with zero attached hydrogens (tertiary/aromatic N) is 2. The van der Waals surface area contributed by atoms with E-state index in [4.69, 9.17) is 16.3 Å². The van der Waals surface area contributed by atoms with Gasteiger partial charge in [-0.1, -0.05) is 23.7 Å². The zero-order valence-corrected chi connectivity index (χ0v) is 16.3. The van der Waals surface area contributed by atoms with Crippen molar-refractivity contribution in [1.82, 2.24) is 15.6 Å². The summed E-state index contributed by atoms with van der Waals surface area (Å²) in [5.41, 5.74) is 7.25. The number of urea groups is 1. The maximum atomic E-state index is 11.5. The molecule has 0 saturated carbocycles. The zero-order chi connectivity index (χ0) is 19.1. The number of rotatable bonds is 5. The van der Waals surface area contributed by atoms with Crippen molar-refractivity contribution >= 4 is 29.9 Å². The van der Waals surface area contributed by atoms with Gasteiger partial charge in [-0.2, -0.15) is 5.10 Å². The summed E-state index contributed by atoms with van der Waals surface area (Å²) in [6.45, 7) is 5.59. The summed E-state index contributed by atoms with van der Waals surface area (Å²) >= 11 is 6.00. The van der Waals surface area contributed by atoms with Crippen molar-refractivity contribution in [3.8, 4) is 0 Å². The number of carbonyl (C=O) groups excluding carboxylic acids is 1. The average molecular weight is 389 g/mol. The molecule has 1 fully saturated rings. The Morgan fingerprint density at radius 1 is 1.26 bits per heavy atom. The van der Waals surface area contributed by atoms with Gasteiger partial charge in [-0.05, 0) is 54.7 Å². The van der Waals surface area contributed by atoms with Crippen molar-refractivity contribution in [3.05, 3.63) is 51.7 Å². The number of hydrazone groups is 1. The molecule has 2 aliphatic rings. The topological polar surface area (TPSA) is 66.0 Å². The second-order valence-electron chi connectivity index (χ2n) is 6.42. The van der Waals surface area contributed by atoms with E-state index in [1.165, 1.54) is 11.3 Å². The summed E-state index contributed by atoms with van der Waals surface area (Å²) in [6.07, 6.45) is 5.81. The fourth-order valence-electron chi connectivity index (χ4n) is 3.30. The van der Waals surface area contributed by atoms with E-state index in [9.17, 15) is 4.79 Å². The van der Waals surface area contributed by atoms with E-state index in [2.05, 4.69) is 26.8 Å². The summed E-state index contributed by atoms with van der Waals surface area (Å²) in [4.78, 5) is 13.9. The lowest BCUT2D eigenvalue weighted by molar-refractivity contribution is 0.0548. The molecule has 2 N–H and O–H groups in total. The molecule has 1 saturated heterocycles. The molecule has 2 amide bonds. The third kappa shape index (κ3) is 5.34. The highest BCUT2D eigenvalue weighted by Gasteiger charge is 2.25. The molecule has 1 heterocycles. The fourth-order valence-corrected chi connectivity index (χ4v) is 3.43. The molecule has 144 valence electrons. The fraction of sp³-hybridized carbons (Fsp3) is 0.400. The highest BCUT2D eigenvalue weighted by molar-refractivity contribution is 6.30. The number of allylic oxidation sites excluding steroid dienone is 2. The van der Waals surface area contributed by atoms with E-state index in [0.29, 0.717) is 6.54 Å². The van der Waals surface area contributed by atoms with E-state index in [0.717, 1.165) is 55.3 Å². The van der Waals surface area contributed by atoms with Crippen LogP contribution in [0.4, 0.5) is 4.79 Å². The normalized spacial score (nSPS) is 19.2. The number of halogens is 1. The van der Waals surface area contributed by atoms with Gasteiger partial charge in [0.25, 0.3) is 0 Å². The van der Waals surface area contributed by atoms with Crippen LogP contribution in [-0.2, 0) is 4.74 Å². The first-order valence-electron chi connectivity index (χ1n) is 9.26. The van der Waals surface area contributed by atoms with Crippen molar-refractivity contribution in [2.24, 2.45) is 5.10 Å². The molecule has 0 radical (unpaired) electrons. The highest BCUT2D eigenvalue weighted by atomic mass is 35.5. The van der Waals surface area contributed by atoms with Crippen LogP contribution in [0, 0.1) is 0 Å². The Labute approximate surface area is 164 Å². The standard InChI is InChI=1S/C20H25ClN4O2/c1-2-22-20(26)24-23-14-17-6-5-16(13-15-3-7-18(21)8-4-15)19(17)25-9-11-27-12-10-25/h3-4,7-8,13-14H,2,5-6,9-12H2,1H3,(H2,22,24,26)/b16-13+,23-14?. The number of amides is 2. The van der Waals surface area contributed by atoms with Crippen LogP contribution in [0.1, 0.15) is 25.3 Å². The van der Waals surface area contributed by atoms with Gasteiger partial charge in [-0.15, -0.1) is 0 Å². The second-order valence-corrected chi connectivity index (χ2v) is 6.86. The van der Waals surface area contributed by atoms with Gasteiger partial charge in [0.15, 0.2) is 0 Å². The molecule has 3 rings (SSSR count). The van der Waals surface area contributed by atoms with Crippen LogP contribution in [0.15, 0.2) is 46.2 Å². The minimum absolute atomic E-state index is 0.294. The SMILES string of the molecule is CCNC(=O)NN=CC1=C(N2CCOCC2)/C(=C/c2ccc(Cl)cc2)CC1. The van der Waals surface area contributed by atoms with E-state index < -0.39 is 0 Å². The zero-order valence-electron chi connectivity index (χ0n) is 15.5. The third-order valence-corrected chi connectivity index (χ3v) is 4.79. The number of nitrogens with one attached hydrogen (secondary N) is 2. The first-order chi connectivity index (χ1) is 13.2. The number of hydrogen-bond donors (Lipinski definition) is 2. The Morgan fingerprint density at radius 2 is 2.00 bits per heavy atom. The molecule has 7 heteroatoms. The van der Waals surface area contributed by atoms with Crippen LogP contribution < -0.4 is 10.7 Å². The molecule has 1 aromatic carbocycles. The largest absolute Gasteiger partial charge is 0.378 e. The minimum atomic E-state index is -0.294. The van der Waals surface area contributed by atoms with Crippen molar-refractivity contribution < 1.29 is 9.53 Å². The van der Waals surface area contributed by atoms with E-state index in [-0.39, 0.29) is 6.03 Å². The van der Waals surface area contributed by atoms with E-state index in [1.54, 1.807) is 6.21 Å². The maximum Gasteiger partial charge on any atom is 0.335 e. The predicted molar refractivity (Wildman–Crippen MR) is 109 cm³/mol. The molecular formula is C20H25ClN4O2. The lowest BCUT2D eigenvalue weighted by atomic mass is 10.1. The monoisotopic (exact) mass is 388 g/mol. The molecule has 6 nitrogen and oxygen atoms in total. The van der Waals surface area contributed by atoms with Gasteiger partial charge >= 0.3 is 6.03 Å². The number of benzene rings is 1. The van der Waals surface area contributed by atoms with Gasteiger partial charge in [-0.3, -0.25) is 0 Å². The van der Waals surface area contributed by atoms with Crippen LogP contribution in [0.5, 0.6) is 0 Å². The first-order valence-corrected chi connectivity index (χ1v) is 9.64. The van der Waals surface area contributed by atoms with Gasteiger partial charge in [-0.25, -0.2) is 10.2 Å². The minimum Gasteiger partial charge on any atom is -0.378 e. The van der Waals surface area contributed by atoms with Gasteiger partial charge in [0, 0.05) is 30.4 Å². The Kier molecular flexibility index (Phi) is 6.90. The van der Waals surface area contributed by atoms with Crippen LogP contribution in [-0.4, -0.2) is 50.0 Å². The summed E-state index contributed by atoms with van der Waals surface area (Å²) in [5.74, 6) is 0. The number of carbonyl (C=O) groups is 1. The lowest BCUT2D eigenvalue weighted by Crippen LogP contribution is -2.36. The Hall–Kier alpha value is -2.31. The summed E-state index contributed by atoms with van der Waals surface area (Å²) < 4.78 is 5.50. The summed E-state index contributed by atoms with van der Waals surface area (Å²) in [5, 5.41) is 7.52. The maximum absolute atomic E-state index is 11.5. The number of hydrogen-bond acceptors (Lipinski definition) is 4. The van der Waals surface area contributed by atoms with Gasteiger partial charge in [0.2, 0.25) is 0 Å². The first kappa shape index (κ1) is 19.5. The molecule has 0 aromatic heterocycles. The lowest BCUT2D eigenvalue weighted by Gasteiger charge is -2.31. The van der Waals surface area contributed by atoms with Crippen LogP contribution in [0.3, 0.4) is 0 Å². The molecule has 0 unspecified atom stereocenters. The van der Waals surface area contributed by atoms with Gasteiger partial charge in [0.05, 0.1) is 19.4 Å². The average Bonchev–Trinajstić information content (AvgIpc) is 3.07. The molecule has 1 aromatic rings. The van der Waals surface area contributed by atoms with Gasteiger partial charge < -0.3 is 15.0 Å². The van der Waals surface area contributed by atoms with Crippen LogP contribution in [0.2, 0.25) is 5.02 Å². The number of ether oxygens (including phenoxy) is 1. The van der Waals surface area contributed by atoms with Crippen LogP contribution >= 0.6 is 11.6 Å². The Balaban J connectivity index is 1.84. The molecule has 0 spiro atoms. The molecular weight excluding hydrogens is 364 g/mol. The Morgan fingerprint density at radius 3 is 2.70 bits per heavy atom. The van der Waals surface area contributed by atoms with Crippen molar-refractivity contribution in [3.63, 3.8) is 0 Å². The quantitative estimate of drug-likeness (QED) is 0.600. The molecule has 0 atom stereocenters. The van der Waals surface area contributed by atoms with Crippen molar-refractivity contribution in [2.45, 2.75) is 19.8 Å². The Bertz CT molecular complexity index is 750. The molecule has 0 bridgehead atoms. The van der Waals surface area contributed by atoms with Crippen LogP contribution in [0.25, 0.3) is 6.08 Å². The third-order valence-electron chi connectivity index (χ3n) is 4.53.